The number of amides is 2. The minimum atomic E-state index is -0.0513. The van der Waals surface area contributed by atoms with E-state index in [1.54, 1.807) is 0 Å². The summed E-state index contributed by atoms with van der Waals surface area (Å²) >= 11 is 0. The van der Waals surface area contributed by atoms with Crippen molar-refractivity contribution in [3.8, 4) is 0 Å². The van der Waals surface area contributed by atoms with Gasteiger partial charge in [0.1, 0.15) is 5.82 Å². The van der Waals surface area contributed by atoms with Crippen molar-refractivity contribution in [3.63, 3.8) is 0 Å². The molecule has 29 heavy (non-hydrogen) atoms. The van der Waals surface area contributed by atoms with Gasteiger partial charge in [-0.2, -0.15) is 4.98 Å². The fraction of sp³-hybridized carbons (Fsp3) is 0.476. The lowest BCUT2D eigenvalue weighted by atomic mass is 10.1. The number of nitrogens with zero attached hydrogens (tertiary/aromatic N) is 5. The first-order valence-corrected chi connectivity index (χ1v) is 10.1. The number of hydrogen-bond acceptors (Lipinski definition) is 6. The van der Waals surface area contributed by atoms with E-state index in [9.17, 15) is 4.79 Å². The van der Waals surface area contributed by atoms with Crippen LogP contribution in [0, 0.1) is 13.8 Å². The first-order valence-electron chi connectivity index (χ1n) is 10.1. The van der Waals surface area contributed by atoms with Crippen molar-refractivity contribution in [2.45, 2.75) is 13.8 Å². The van der Waals surface area contributed by atoms with Gasteiger partial charge in [0.2, 0.25) is 5.95 Å². The van der Waals surface area contributed by atoms with E-state index in [0.29, 0.717) is 26.3 Å². The van der Waals surface area contributed by atoms with Crippen LogP contribution >= 0.6 is 0 Å². The normalized spacial score (nSPS) is 17.4. The lowest BCUT2D eigenvalue weighted by molar-refractivity contribution is 0.122. The molecular formula is C21H28N6O2. The highest BCUT2D eigenvalue weighted by Crippen LogP contribution is 2.19. The standard InChI is InChI=1S/C21H28N6O2/c1-16-3-4-18(15-17(16)2)23-21(28)27-9-7-25(8-10-27)19-5-6-22-20(24-19)26-11-13-29-14-12-26/h3-6,15H,7-14H2,1-2H3,(H,23,28). The van der Waals surface area contributed by atoms with Crippen LogP contribution in [0.2, 0.25) is 0 Å². The van der Waals surface area contributed by atoms with Gasteiger partial charge in [0.15, 0.2) is 0 Å². The Kier molecular flexibility index (Phi) is 5.80. The summed E-state index contributed by atoms with van der Waals surface area (Å²) in [6.45, 7) is 9.99. The molecule has 4 rings (SSSR count). The third-order valence-corrected chi connectivity index (χ3v) is 5.57. The van der Waals surface area contributed by atoms with Gasteiger partial charge in [0, 0.05) is 51.2 Å². The van der Waals surface area contributed by atoms with Crippen molar-refractivity contribution < 1.29 is 9.53 Å². The molecule has 1 aromatic carbocycles. The second-order valence-corrected chi connectivity index (χ2v) is 7.52. The van der Waals surface area contributed by atoms with Crippen LogP contribution in [0.4, 0.5) is 22.2 Å². The monoisotopic (exact) mass is 396 g/mol. The molecule has 0 bridgehead atoms. The molecule has 2 amide bonds. The predicted molar refractivity (Wildman–Crippen MR) is 114 cm³/mol. The van der Waals surface area contributed by atoms with Crippen LogP contribution in [0.5, 0.6) is 0 Å². The van der Waals surface area contributed by atoms with Gasteiger partial charge >= 0.3 is 6.03 Å². The number of morpholine rings is 1. The fourth-order valence-electron chi connectivity index (χ4n) is 3.59. The molecule has 154 valence electrons. The number of aryl methyl sites for hydroxylation is 2. The van der Waals surface area contributed by atoms with E-state index in [4.69, 9.17) is 9.72 Å². The van der Waals surface area contributed by atoms with Gasteiger partial charge in [-0.1, -0.05) is 6.07 Å². The highest BCUT2D eigenvalue weighted by Gasteiger charge is 2.23. The van der Waals surface area contributed by atoms with Crippen LogP contribution in [0.25, 0.3) is 0 Å². The molecule has 3 heterocycles. The van der Waals surface area contributed by atoms with Gasteiger partial charge in [-0.05, 0) is 43.2 Å². The summed E-state index contributed by atoms with van der Waals surface area (Å²) in [5, 5.41) is 3.01. The number of nitrogens with one attached hydrogen (secondary N) is 1. The van der Waals surface area contributed by atoms with Crippen molar-refractivity contribution in [1.82, 2.24) is 14.9 Å². The molecule has 0 atom stereocenters. The van der Waals surface area contributed by atoms with Crippen LogP contribution < -0.4 is 15.1 Å². The van der Waals surface area contributed by atoms with Gasteiger partial charge in [0.25, 0.3) is 0 Å². The largest absolute Gasteiger partial charge is 0.378 e. The zero-order valence-electron chi connectivity index (χ0n) is 17.1. The van der Waals surface area contributed by atoms with E-state index in [1.165, 1.54) is 11.1 Å². The maximum absolute atomic E-state index is 12.6. The third kappa shape index (κ3) is 4.59. The van der Waals surface area contributed by atoms with E-state index in [1.807, 2.05) is 35.4 Å². The topological polar surface area (TPSA) is 73.8 Å². The van der Waals surface area contributed by atoms with Crippen molar-refractivity contribution in [1.29, 1.82) is 0 Å². The van der Waals surface area contributed by atoms with Crippen molar-refractivity contribution in [2.75, 3.05) is 67.6 Å². The van der Waals surface area contributed by atoms with Gasteiger partial charge in [-0.15, -0.1) is 0 Å². The molecule has 1 aromatic heterocycles. The lowest BCUT2D eigenvalue weighted by Gasteiger charge is -2.35. The maximum Gasteiger partial charge on any atom is 0.321 e. The van der Waals surface area contributed by atoms with Gasteiger partial charge in [0.05, 0.1) is 13.2 Å². The number of piperazine rings is 1. The predicted octanol–water partition coefficient (Wildman–Crippen LogP) is 2.28. The summed E-state index contributed by atoms with van der Waals surface area (Å²) in [6, 6.07) is 7.88. The Morgan fingerprint density at radius 3 is 2.45 bits per heavy atom. The van der Waals surface area contributed by atoms with Crippen molar-refractivity contribution in [3.05, 3.63) is 41.6 Å². The van der Waals surface area contributed by atoms with Crippen molar-refractivity contribution >= 4 is 23.5 Å². The van der Waals surface area contributed by atoms with Gasteiger partial charge < -0.3 is 24.8 Å². The number of benzene rings is 1. The lowest BCUT2D eigenvalue weighted by Crippen LogP contribution is -2.50. The molecule has 1 N–H and O–H groups in total. The molecule has 0 radical (unpaired) electrons. The minimum Gasteiger partial charge on any atom is -0.378 e. The molecule has 8 heteroatoms. The molecule has 2 aromatic rings. The number of rotatable bonds is 3. The summed E-state index contributed by atoms with van der Waals surface area (Å²) in [4.78, 5) is 28.0. The van der Waals surface area contributed by atoms with E-state index in [-0.39, 0.29) is 6.03 Å². The van der Waals surface area contributed by atoms with Crippen LogP contribution in [0.1, 0.15) is 11.1 Å². The fourth-order valence-corrected chi connectivity index (χ4v) is 3.59. The Labute approximate surface area is 171 Å². The van der Waals surface area contributed by atoms with Gasteiger partial charge in [-0.3, -0.25) is 0 Å². The number of anilines is 3. The van der Waals surface area contributed by atoms with Crippen LogP contribution in [-0.2, 0) is 4.74 Å². The molecule has 2 saturated heterocycles. The Balaban J connectivity index is 1.34. The van der Waals surface area contributed by atoms with E-state index < -0.39 is 0 Å². The van der Waals surface area contributed by atoms with Gasteiger partial charge in [-0.25, -0.2) is 9.78 Å². The highest BCUT2D eigenvalue weighted by atomic mass is 16.5. The molecule has 0 spiro atoms. The minimum absolute atomic E-state index is 0.0513. The van der Waals surface area contributed by atoms with E-state index in [0.717, 1.165) is 43.6 Å². The Morgan fingerprint density at radius 1 is 0.966 bits per heavy atom. The third-order valence-electron chi connectivity index (χ3n) is 5.57. The Morgan fingerprint density at radius 2 is 1.72 bits per heavy atom. The summed E-state index contributed by atoms with van der Waals surface area (Å²) in [5.74, 6) is 1.66. The number of urea groups is 1. The Bertz CT molecular complexity index is 860. The zero-order valence-corrected chi connectivity index (χ0v) is 17.1. The van der Waals surface area contributed by atoms with Crippen LogP contribution in [0.3, 0.4) is 0 Å². The molecule has 2 aliphatic heterocycles. The molecule has 2 fully saturated rings. The molecular weight excluding hydrogens is 368 g/mol. The average Bonchev–Trinajstić information content (AvgIpc) is 2.77. The molecule has 8 nitrogen and oxygen atoms in total. The second-order valence-electron chi connectivity index (χ2n) is 7.52. The zero-order chi connectivity index (χ0) is 20.2. The molecule has 0 unspecified atom stereocenters. The number of ether oxygens (including phenoxy) is 1. The van der Waals surface area contributed by atoms with E-state index in [2.05, 4.69) is 33.9 Å². The SMILES string of the molecule is Cc1ccc(NC(=O)N2CCN(c3ccnc(N4CCOCC4)n3)CC2)cc1C. The maximum atomic E-state index is 12.6. The average molecular weight is 396 g/mol. The first kappa shape index (κ1) is 19.4. The summed E-state index contributed by atoms with van der Waals surface area (Å²) in [6.07, 6.45) is 1.81. The quantitative estimate of drug-likeness (QED) is 0.858. The molecule has 0 saturated carbocycles. The number of carbonyl (C=O) groups is 1. The number of aromatic nitrogens is 2. The number of hydrogen-bond donors (Lipinski definition) is 1. The summed E-state index contributed by atoms with van der Waals surface area (Å²) in [7, 11) is 0. The molecule has 0 aliphatic carbocycles. The van der Waals surface area contributed by atoms with Crippen LogP contribution in [0.15, 0.2) is 30.5 Å². The number of carbonyl (C=O) groups excluding carboxylic acids is 1. The van der Waals surface area contributed by atoms with Crippen LogP contribution in [-0.4, -0.2) is 73.4 Å². The van der Waals surface area contributed by atoms with E-state index >= 15 is 0 Å². The first-order chi connectivity index (χ1) is 14.1. The highest BCUT2D eigenvalue weighted by molar-refractivity contribution is 5.89. The smallest absolute Gasteiger partial charge is 0.321 e. The summed E-state index contributed by atoms with van der Waals surface area (Å²) < 4.78 is 5.41. The summed E-state index contributed by atoms with van der Waals surface area (Å²) in [5.41, 5.74) is 3.23. The van der Waals surface area contributed by atoms with Crippen molar-refractivity contribution in [2.24, 2.45) is 0 Å². The molecule has 2 aliphatic rings. The second kappa shape index (κ2) is 8.65. The Hall–Kier alpha value is -2.87.